The molecule has 7 nitrogen and oxygen atoms in total. The normalized spacial score (nSPS) is 19.1. The van der Waals surface area contributed by atoms with Gasteiger partial charge in [0.05, 0.1) is 19.4 Å². The highest BCUT2D eigenvalue weighted by Gasteiger charge is 2.14. The number of furan rings is 1. The molecule has 0 radical (unpaired) electrons. The van der Waals surface area contributed by atoms with Crippen molar-refractivity contribution in [2.75, 3.05) is 26.3 Å². The minimum atomic E-state index is 0.522. The molecule has 0 amide bonds. The van der Waals surface area contributed by atoms with E-state index >= 15 is 0 Å². The Morgan fingerprint density at radius 1 is 1.47 bits per heavy atom. The van der Waals surface area contributed by atoms with Gasteiger partial charge in [0, 0.05) is 19.7 Å². The highest BCUT2D eigenvalue weighted by molar-refractivity contribution is 5.43. The van der Waals surface area contributed by atoms with Crippen LogP contribution in [0.3, 0.4) is 0 Å². The molecule has 0 aromatic carbocycles. The van der Waals surface area contributed by atoms with Gasteiger partial charge in [-0.3, -0.25) is 0 Å². The Hall–Kier alpha value is -1.73. The summed E-state index contributed by atoms with van der Waals surface area (Å²) in [6.45, 7) is 4.27. The van der Waals surface area contributed by atoms with Crippen molar-refractivity contribution in [2.45, 2.75) is 13.0 Å². The van der Waals surface area contributed by atoms with Crippen LogP contribution in [0.2, 0.25) is 0 Å². The van der Waals surface area contributed by atoms with Gasteiger partial charge in [-0.1, -0.05) is 0 Å². The first kappa shape index (κ1) is 12.3. The molecule has 0 spiro atoms. The topological polar surface area (TPSA) is 78.0 Å². The molecule has 19 heavy (non-hydrogen) atoms. The van der Waals surface area contributed by atoms with Crippen LogP contribution in [0.25, 0.3) is 11.6 Å². The van der Waals surface area contributed by atoms with E-state index in [1.165, 1.54) is 0 Å². The predicted octanol–water partition coefficient (Wildman–Crippen LogP) is 0.559. The molecule has 0 bridgehead atoms. The van der Waals surface area contributed by atoms with Gasteiger partial charge < -0.3 is 14.5 Å². The van der Waals surface area contributed by atoms with Crippen LogP contribution >= 0.6 is 0 Å². The van der Waals surface area contributed by atoms with E-state index in [-0.39, 0.29) is 0 Å². The lowest BCUT2D eigenvalue weighted by molar-refractivity contribution is 0.185. The minimum Gasteiger partial charge on any atom is -0.461 e. The summed E-state index contributed by atoms with van der Waals surface area (Å²) in [5, 5.41) is 15.6. The van der Waals surface area contributed by atoms with Crippen LogP contribution in [0.5, 0.6) is 0 Å². The van der Waals surface area contributed by atoms with Gasteiger partial charge in [-0.25, -0.2) is 0 Å². The molecule has 1 unspecified atom stereocenters. The molecule has 1 saturated heterocycles. The molecule has 2 aromatic heterocycles. The molecule has 102 valence electrons. The molecule has 2 aromatic rings. The zero-order chi connectivity index (χ0) is 12.9. The standard InChI is InChI=1S/C12H17N5O2/c1-2-11(19-6-1)12-14-16-17(15-12)5-4-13-8-10-3-7-18-9-10/h1-2,6,10,13H,3-5,7-9H2. The first-order chi connectivity index (χ1) is 9.42. The number of nitrogens with zero attached hydrogens (tertiary/aromatic N) is 4. The molecular formula is C12H17N5O2. The van der Waals surface area contributed by atoms with Crippen molar-refractivity contribution in [1.29, 1.82) is 0 Å². The average Bonchev–Trinajstić information content (AvgIpc) is 3.15. The third kappa shape index (κ3) is 3.18. The third-order valence-corrected chi connectivity index (χ3v) is 3.14. The Labute approximate surface area is 110 Å². The maximum Gasteiger partial charge on any atom is 0.240 e. The molecule has 1 aliphatic rings. The van der Waals surface area contributed by atoms with Crippen molar-refractivity contribution in [3.05, 3.63) is 18.4 Å². The predicted molar refractivity (Wildman–Crippen MR) is 67.3 cm³/mol. The summed E-state index contributed by atoms with van der Waals surface area (Å²) >= 11 is 0. The van der Waals surface area contributed by atoms with Gasteiger partial charge in [0.15, 0.2) is 5.76 Å². The molecule has 1 atom stereocenters. The lowest BCUT2D eigenvalue weighted by atomic mass is 10.1. The van der Waals surface area contributed by atoms with E-state index in [2.05, 4.69) is 20.7 Å². The fourth-order valence-corrected chi connectivity index (χ4v) is 2.07. The summed E-state index contributed by atoms with van der Waals surface area (Å²) in [5.74, 6) is 1.80. The second kappa shape index (κ2) is 5.94. The molecule has 3 rings (SSSR count). The average molecular weight is 263 g/mol. The van der Waals surface area contributed by atoms with Crippen molar-refractivity contribution in [1.82, 2.24) is 25.5 Å². The highest BCUT2D eigenvalue weighted by Crippen LogP contribution is 2.13. The van der Waals surface area contributed by atoms with Crippen LogP contribution in [0.1, 0.15) is 6.42 Å². The smallest absolute Gasteiger partial charge is 0.240 e. The number of hydrogen-bond acceptors (Lipinski definition) is 6. The van der Waals surface area contributed by atoms with Crippen LogP contribution in [0.4, 0.5) is 0 Å². The Bertz CT molecular complexity index is 490. The third-order valence-electron chi connectivity index (χ3n) is 3.14. The van der Waals surface area contributed by atoms with Crippen molar-refractivity contribution < 1.29 is 9.15 Å². The summed E-state index contributed by atoms with van der Waals surface area (Å²) in [7, 11) is 0. The van der Waals surface area contributed by atoms with E-state index in [0.29, 0.717) is 24.0 Å². The Kier molecular flexibility index (Phi) is 3.85. The molecule has 0 saturated carbocycles. The number of aromatic nitrogens is 4. The summed E-state index contributed by atoms with van der Waals surface area (Å²) in [4.78, 5) is 1.58. The second-order valence-electron chi connectivity index (χ2n) is 4.62. The summed E-state index contributed by atoms with van der Waals surface area (Å²) in [6, 6.07) is 3.63. The maximum absolute atomic E-state index is 5.33. The monoisotopic (exact) mass is 263 g/mol. The van der Waals surface area contributed by atoms with Gasteiger partial charge >= 0.3 is 0 Å². The van der Waals surface area contributed by atoms with Crippen LogP contribution in [-0.4, -0.2) is 46.5 Å². The fourth-order valence-electron chi connectivity index (χ4n) is 2.07. The second-order valence-corrected chi connectivity index (χ2v) is 4.62. The zero-order valence-electron chi connectivity index (χ0n) is 10.7. The minimum absolute atomic E-state index is 0.522. The molecule has 1 fully saturated rings. The Balaban J connectivity index is 1.43. The zero-order valence-corrected chi connectivity index (χ0v) is 10.7. The van der Waals surface area contributed by atoms with E-state index in [4.69, 9.17) is 9.15 Å². The van der Waals surface area contributed by atoms with Gasteiger partial charge in [-0.15, -0.1) is 10.2 Å². The van der Waals surface area contributed by atoms with Gasteiger partial charge in [-0.2, -0.15) is 4.80 Å². The lowest BCUT2D eigenvalue weighted by Crippen LogP contribution is -2.27. The largest absolute Gasteiger partial charge is 0.461 e. The summed E-state index contributed by atoms with van der Waals surface area (Å²) in [5.41, 5.74) is 0. The molecule has 7 heteroatoms. The number of nitrogens with one attached hydrogen (secondary N) is 1. The van der Waals surface area contributed by atoms with E-state index in [1.54, 1.807) is 17.1 Å². The van der Waals surface area contributed by atoms with Gasteiger partial charge in [-0.05, 0) is 29.7 Å². The molecule has 3 heterocycles. The van der Waals surface area contributed by atoms with E-state index < -0.39 is 0 Å². The van der Waals surface area contributed by atoms with Crippen molar-refractivity contribution in [3.63, 3.8) is 0 Å². The van der Waals surface area contributed by atoms with Crippen LogP contribution in [0, 0.1) is 5.92 Å². The van der Waals surface area contributed by atoms with Crippen LogP contribution in [0.15, 0.2) is 22.8 Å². The summed E-state index contributed by atoms with van der Waals surface area (Å²) in [6.07, 6.45) is 2.75. The first-order valence-electron chi connectivity index (χ1n) is 6.52. The first-order valence-corrected chi connectivity index (χ1v) is 6.52. The van der Waals surface area contributed by atoms with Gasteiger partial charge in [0.2, 0.25) is 5.82 Å². The van der Waals surface area contributed by atoms with Crippen molar-refractivity contribution in [2.24, 2.45) is 5.92 Å². The highest BCUT2D eigenvalue weighted by atomic mass is 16.5. The van der Waals surface area contributed by atoms with Gasteiger partial charge in [0.25, 0.3) is 0 Å². The number of tetrazole rings is 1. The number of ether oxygens (including phenoxy) is 1. The van der Waals surface area contributed by atoms with Crippen molar-refractivity contribution >= 4 is 0 Å². The van der Waals surface area contributed by atoms with E-state index in [1.807, 2.05) is 6.07 Å². The van der Waals surface area contributed by atoms with E-state index in [0.717, 1.165) is 32.7 Å². The Morgan fingerprint density at radius 2 is 2.47 bits per heavy atom. The molecular weight excluding hydrogens is 246 g/mol. The van der Waals surface area contributed by atoms with E-state index in [9.17, 15) is 0 Å². The number of rotatable bonds is 6. The number of hydrogen-bond donors (Lipinski definition) is 1. The Morgan fingerprint density at radius 3 is 3.26 bits per heavy atom. The molecule has 0 aliphatic carbocycles. The maximum atomic E-state index is 5.33. The fraction of sp³-hybridized carbons (Fsp3) is 0.583. The van der Waals surface area contributed by atoms with Crippen LogP contribution in [-0.2, 0) is 11.3 Å². The van der Waals surface area contributed by atoms with Crippen LogP contribution < -0.4 is 5.32 Å². The SMILES string of the molecule is c1coc(-c2nnn(CCNCC3CCOC3)n2)c1. The molecule has 1 aliphatic heterocycles. The quantitative estimate of drug-likeness (QED) is 0.767. The van der Waals surface area contributed by atoms with Crippen molar-refractivity contribution in [3.8, 4) is 11.6 Å². The van der Waals surface area contributed by atoms with Gasteiger partial charge in [0.1, 0.15) is 0 Å². The molecule has 1 N–H and O–H groups in total. The summed E-state index contributed by atoms with van der Waals surface area (Å²) < 4.78 is 10.5. The lowest BCUT2D eigenvalue weighted by Gasteiger charge is -2.08.